The minimum Gasteiger partial charge on any atom is -0.497 e. The molecule has 2 saturated heterocycles. The molecule has 6 atom stereocenters. The number of aryl methyl sites for hydroxylation is 1. The lowest BCUT2D eigenvalue weighted by atomic mass is 9.95. The van der Waals surface area contributed by atoms with E-state index in [0.29, 0.717) is 16.9 Å². The zero-order valence-electron chi connectivity index (χ0n) is 22.7. The molecule has 0 radical (unpaired) electrons. The van der Waals surface area contributed by atoms with Crippen LogP contribution in [-0.2, 0) is 23.7 Å². The van der Waals surface area contributed by atoms with Crippen molar-refractivity contribution in [3.63, 3.8) is 0 Å². The number of hydrogen-bond donors (Lipinski definition) is 0. The number of benzene rings is 3. The van der Waals surface area contributed by atoms with Crippen LogP contribution in [0, 0.1) is 6.92 Å². The minimum atomic E-state index is -1.01. The van der Waals surface area contributed by atoms with E-state index in [9.17, 15) is 14.4 Å². The smallest absolute Gasteiger partial charge is 0.303 e. The van der Waals surface area contributed by atoms with E-state index in [1.165, 1.54) is 23.6 Å². The summed E-state index contributed by atoms with van der Waals surface area (Å²) in [6.07, 6.45) is -3.24. The molecule has 3 aromatic carbocycles. The van der Waals surface area contributed by atoms with E-state index < -0.39 is 53.9 Å². The molecule has 3 heterocycles. The summed E-state index contributed by atoms with van der Waals surface area (Å²) in [7, 11) is 1.58. The standard InChI is InChI=1S/C31H29NO8S/c1-17-8-14-21(15-9-17)41-31-25(32-28(34)22-6-4-5-7-23(22)29(32)35)27(38-18(2)33)26-24(39-31)16-37-30(40-26)19-10-12-20(36-3)13-11-19/h4-15,24-27,30-31H,16H2,1-3H3/t24-,25-,26-,27-,30-,31+/m1/s1. The number of fused-ring (bicyclic) bond motifs is 2. The largest absolute Gasteiger partial charge is 0.497 e. The molecule has 3 aliphatic heterocycles. The highest BCUT2D eigenvalue weighted by atomic mass is 32.2. The number of methoxy groups -OCH3 is 1. The first-order valence-corrected chi connectivity index (χ1v) is 14.2. The second kappa shape index (κ2) is 11.3. The molecule has 6 rings (SSSR count). The maximum Gasteiger partial charge on any atom is 0.303 e. The fourth-order valence-electron chi connectivity index (χ4n) is 5.41. The molecule has 212 valence electrons. The van der Waals surface area contributed by atoms with Crippen molar-refractivity contribution in [2.45, 2.75) is 54.8 Å². The zero-order chi connectivity index (χ0) is 28.7. The van der Waals surface area contributed by atoms with Crippen LogP contribution in [-0.4, -0.2) is 66.2 Å². The van der Waals surface area contributed by atoms with Crippen LogP contribution >= 0.6 is 11.8 Å². The SMILES string of the molecule is COc1ccc([C@@H]2OC[C@H]3O[C@@H](Sc4ccc(C)cc4)[C@H](N4C(=O)c5ccccc5C4=O)[C@@H](OC(C)=O)[C@@H]3O2)cc1. The van der Waals surface area contributed by atoms with Gasteiger partial charge in [0.25, 0.3) is 11.8 Å². The van der Waals surface area contributed by atoms with Gasteiger partial charge in [0.05, 0.1) is 24.8 Å². The summed E-state index contributed by atoms with van der Waals surface area (Å²) in [6, 6.07) is 20.8. The highest BCUT2D eigenvalue weighted by Crippen LogP contribution is 2.43. The zero-order valence-corrected chi connectivity index (χ0v) is 23.5. The third-order valence-electron chi connectivity index (χ3n) is 7.39. The average molecular weight is 576 g/mol. The molecule has 0 spiro atoms. The van der Waals surface area contributed by atoms with Gasteiger partial charge in [-0.15, -0.1) is 0 Å². The maximum atomic E-state index is 13.7. The van der Waals surface area contributed by atoms with Crippen molar-refractivity contribution in [1.82, 2.24) is 4.90 Å². The Morgan fingerprint density at radius 2 is 1.59 bits per heavy atom. The molecule has 41 heavy (non-hydrogen) atoms. The molecule has 0 N–H and O–H groups in total. The van der Waals surface area contributed by atoms with Crippen LogP contribution in [0.25, 0.3) is 0 Å². The summed E-state index contributed by atoms with van der Waals surface area (Å²) in [4.78, 5) is 42.0. The normalized spacial score (nSPS) is 27.2. The van der Waals surface area contributed by atoms with Crippen LogP contribution in [0.5, 0.6) is 5.75 Å². The quantitative estimate of drug-likeness (QED) is 0.310. The van der Waals surface area contributed by atoms with Gasteiger partial charge in [0.1, 0.15) is 29.4 Å². The van der Waals surface area contributed by atoms with E-state index in [-0.39, 0.29) is 6.61 Å². The number of amides is 2. The molecule has 2 amide bonds. The van der Waals surface area contributed by atoms with Crippen molar-refractivity contribution in [1.29, 1.82) is 0 Å². The lowest BCUT2D eigenvalue weighted by molar-refractivity contribution is -0.311. The molecule has 2 fully saturated rings. The Labute approximate surface area is 241 Å². The Bertz CT molecular complexity index is 1420. The van der Waals surface area contributed by atoms with Crippen LogP contribution in [0.3, 0.4) is 0 Å². The predicted molar refractivity (Wildman–Crippen MR) is 149 cm³/mol. The molecule has 0 unspecified atom stereocenters. The first-order valence-electron chi connectivity index (χ1n) is 13.3. The number of ether oxygens (including phenoxy) is 5. The van der Waals surface area contributed by atoms with Crippen molar-refractivity contribution in [3.8, 4) is 5.75 Å². The Kier molecular flexibility index (Phi) is 7.56. The van der Waals surface area contributed by atoms with E-state index >= 15 is 0 Å². The van der Waals surface area contributed by atoms with Crippen molar-refractivity contribution in [3.05, 3.63) is 95.1 Å². The van der Waals surface area contributed by atoms with Gasteiger partial charge < -0.3 is 23.7 Å². The van der Waals surface area contributed by atoms with Crippen molar-refractivity contribution in [2.75, 3.05) is 13.7 Å². The number of carbonyl (C=O) groups excluding carboxylic acids is 3. The predicted octanol–water partition coefficient (Wildman–Crippen LogP) is 4.53. The minimum absolute atomic E-state index is 0.152. The second-order valence-corrected chi connectivity index (χ2v) is 11.3. The maximum absolute atomic E-state index is 13.7. The van der Waals surface area contributed by atoms with Crippen LogP contribution in [0.4, 0.5) is 0 Å². The molecule has 10 heteroatoms. The molecular weight excluding hydrogens is 546 g/mol. The summed E-state index contributed by atoms with van der Waals surface area (Å²) < 4.78 is 30.1. The van der Waals surface area contributed by atoms with Gasteiger partial charge in [-0.25, -0.2) is 0 Å². The van der Waals surface area contributed by atoms with Gasteiger partial charge in [0.2, 0.25) is 0 Å². The lowest BCUT2D eigenvalue weighted by Crippen LogP contribution is -2.67. The number of nitrogens with zero attached hydrogens (tertiary/aromatic N) is 1. The fourth-order valence-corrected chi connectivity index (χ4v) is 6.59. The third-order valence-corrected chi connectivity index (χ3v) is 8.56. The van der Waals surface area contributed by atoms with Gasteiger partial charge in [-0.2, -0.15) is 0 Å². The first-order chi connectivity index (χ1) is 19.8. The van der Waals surface area contributed by atoms with Crippen molar-refractivity contribution in [2.24, 2.45) is 0 Å². The fraction of sp³-hybridized carbons (Fsp3) is 0.323. The summed E-state index contributed by atoms with van der Waals surface area (Å²) in [5, 5.41) is 0. The highest BCUT2D eigenvalue weighted by molar-refractivity contribution is 7.99. The van der Waals surface area contributed by atoms with Crippen LogP contribution in [0.1, 0.15) is 45.1 Å². The molecule has 0 aromatic heterocycles. The van der Waals surface area contributed by atoms with E-state index in [1.807, 2.05) is 43.3 Å². The van der Waals surface area contributed by atoms with Crippen molar-refractivity contribution >= 4 is 29.5 Å². The Hall–Kier alpha value is -3.70. The molecule has 3 aromatic rings. The summed E-state index contributed by atoms with van der Waals surface area (Å²) >= 11 is 1.35. The van der Waals surface area contributed by atoms with E-state index in [0.717, 1.165) is 16.0 Å². The van der Waals surface area contributed by atoms with Gasteiger partial charge in [0.15, 0.2) is 12.4 Å². The molecule has 3 aliphatic rings. The van der Waals surface area contributed by atoms with Crippen LogP contribution in [0.15, 0.2) is 77.7 Å². The third kappa shape index (κ3) is 5.24. The Balaban J connectivity index is 1.38. The van der Waals surface area contributed by atoms with Crippen LogP contribution in [0.2, 0.25) is 0 Å². The topological polar surface area (TPSA) is 101 Å². The molecule has 0 bridgehead atoms. The molecular formula is C31H29NO8S. The van der Waals surface area contributed by atoms with Gasteiger partial charge in [-0.1, -0.05) is 53.7 Å². The number of thioether (sulfide) groups is 1. The highest BCUT2D eigenvalue weighted by Gasteiger charge is 2.57. The number of imide groups is 1. The summed E-state index contributed by atoms with van der Waals surface area (Å²) in [6.45, 7) is 3.44. The molecule has 9 nitrogen and oxygen atoms in total. The summed E-state index contributed by atoms with van der Waals surface area (Å²) in [5.41, 5.74) is 1.65. The van der Waals surface area contributed by atoms with Gasteiger partial charge in [-0.3, -0.25) is 19.3 Å². The summed E-state index contributed by atoms with van der Waals surface area (Å²) in [5.74, 6) is -0.818. The van der Waals surface area contributed by atoms with Gasteiger partial charge in [0, 0.05) is 17.4 Å². The number of esters is 1. The number of hydrogen-bond acceptors (Lipinski definition) is 9. The first kappa shape index (κ1) is 27.5. The Morgan fingerprint density at radius 3 is 2.20 bits per heavy atom. The van der Waals surface area contributed by atoms with E-state index in [1.54, 1.807) is 43.5 Å². The van der Waals surface area contributed by atoms with E-state index in [4.69, 9.17) is 23.7 Å². The second-order valence-electron chi connectivity index (χ2n) is 10.1. The number of carbonyl (C=O) groups is 3. The van der Waals surface area contributed by atoms with E-state index in [2.05, 4.69) is 0 Å². The lowest BCUT2D eigenvalue weighted by Gasteiger charge is -2.50. The molecule has 0 saturated carbocycles. The monoisotopic (exact) mass is 575 g/mol. The van der Waals surface area contributed by atoms with Crippen molar-refractivity contribution < 1.29 is 38.1 Å². The molecule has 0 aliphatic carbocycles. The van der Waals surface area contributed by atoms with Gasteiger partial charge in [-0.05, 0) is 43.3 Å². The van der Waals surface area contributed by atoms with Crippen LogP contribution < -0.4 is 4.74 Å². The number of rotatable bonds is 6. The van der Waals surface area contributed by atoms with Gasteiger partial charge >= 0.3 is 5.97 Å². The Morgan fingerprint density at radius 1 is 0.927 bits per heavy atom. The average Bonchev–Trinajstić information content (AvgIpc) is 3.23.